The monoisotopic (exact) mass is 1240 g/mol. The Morgan fingerprint density at radius 3 is 1.79 bits per heavy atom. The summed E-state index contributed by atoms with van der Waals surface area (Å²) in [6, 6.07) is 12.4. The summed E-state index contributed by atoms with van der Waals surface area (Å²) in [6.07, 6.45) is 27.1. The van der Waals surface area contributed by atoms with Gasteiger partial charge in [-0.1, -0.05) is 83.2 Å². The number of ether oxygens (including phenoxy) is 3. The highest BCUT2D eigenvalue weighted by molar-refractivity contribution is 6.10. The number of hydrogen-bond donors (Lipinski definition) is 3. The summed E-state index contributed by atoms with van der Waals surface area (Å²) in [4.78, 5) is 40.3. The van der Waals surface area contributed by atoms with Crippen LogP contribution in [-0.2, 0) is 43.4 Å². The predicted octanol–water partition coefficient (Wildman–Crippen LogP) is 14.8. The number of amides is 1. The van der Waals surface area contributed by atoms with E-state index in [0.29, 0.717) is 71.5 Å². The van der Waals surface area contributed by atoms with Crippen molar-refractivity contribution >= 4 is 39.8 Å². The molecule has 12 rings (SSSR count). The highest BCUT2D eigenvalue weighted by Gasteiger charge is 2.61. The molecule has 3 aromatic heterocycles. The maximum atomic E-state index is 13.7. The molecule has 0 radical (unpaired) electrons. The zero-order valence-electron chi connectivity index (χ0n) is 56.2. The molecule has 16 nitrogen and oxygen atoms in total. The third-order valence-electron chi connectivity index (χ3n) is 26.2. The number of carbonyl (C=O) groups is 3. The van der Waals surface area contributed by atoms with E-state index in [1.54, 1.807) is 9.36 Å². The van der Waals surface area contributed by atoms with Gasteiger partial charge in [0.05, 0.1) is 12.4 Å². The number of hydrogen-bond acceptors (Lipinski definition) is 12. The zero-order chi connectivity index (χ0) is 63.5. The molecule has 0 saturated heterocycles. The number of fused-ring (bicyclic) bond motifs is 11. The zero-order valence-corrected chi connectivity index (χ0v) is 56.2. The Balaban J connectivity index is 0.679. The van der Waals surface area contributed by atoms with Gasteiger partial charge in [0.1, 0.15) is 42.3 Å². The summed E-state index contributed by atoms with van der Waals surface area (Å²) < 4.78 is 23.5. The van der Waals surface area contributed by atoms with Gasteiger partial charge in [-0.15, -0.1) is 10.2 Å². The molecule has 90 heavy (non-hydrogen) atoms. The van der Waals surface area contributed by atoms with E-state index in [0.717, 1.165) is 133 Å². The lowest BCUT2D eigenvalue weighted by Crippen LogP contribution is -2.54. The van der Waals surface area contributed by atoms with Crippen LogP contribution in [0.2, 0.25) is 0 Å². The van der Waals surface area contributed by atoms with Gasteiger partial charge in [-0.3, -0.25) is 9.59 Å². The number of esters is 2. The van der Waals surface area contributed by atoms with Crippen molar-refractivity contribution in [3.8, 4) is 22.5 Å². The normalized spacial score (nSPS) is 33.4. The molecule has 5 aromatic rings. The van der Waals surface area contributed by atoms with Crippen LogP contribution in [0.1, 0.15) is 204 Å². The summed E-state index contributed by atoms with van der Waals surface area (Å²) in [5.74, 6) is 7.07. The van der Waals surface area contributed by atoms with Crippen LogP contribution in [0.15, 0.2) is 48.8 Å². The molecule has 492 valence electrons. The number of carbonyl (C=O) groups excluding carboxylic acids is 3. The molecule has 7 saturated carbocycles. The molecule has 16 heteroatoms. The molecule has 3 heterocycles. The Hall–Kier alpha value is -5.35. The van der Waals surface area contributed by atoms with E-state index in [4.69, 9.17) is 14.2 Å². The van der Waals surface area contributed by atoms with Gasteiger partial charge in [-0.2, -0.15) is 0 Å². The molecule has 0 spiro atoms. The lowest BCUT2D eigenvalue weighted by atomic mass is 9.44. The minimum atomic E-state index is -0.643. The van der Waals surface area contributed by atoms with Crippen molar-refractivity contribution in [1.82, 2.24) is 39.9 Å². The van der Waals surface area contributed by atoms with Gasteiger partial charge in [0.2, 0.25) is 0 Å². The van der Waals surface area contributed by atoms with Crippen LogP contribution < -0.4 is 5.32 Å². The number of nitrogens with one attached hydrogen (secondary N) is 1. The van der Waals surface area contributed by atoms with Crippen LogP contribution in [0.4, 0.5) is 4.79 Å². The fraction of sp³-hybridized carbons (Fsp3) is 0.743. The van der Waals surface area contributed by atoms with E-state index < -0.39 is 11.7 Å². The van der Waals surface area contributed by atoms with E-state index in [1.165, 1.54) is 70.6 Å². The summed E-state index contributed by atoms with van der Waals surface area (Å²) in [7, 11) is 0. The smallest absolute Gasteiger partial charge is 0.407 e. The second-order valence-electron chi connectivity index (χ2n) is 32.3. The number of aliphatic hydroxyl groups excluding tert-OH is 2. The third kappa shape index (κ3) is 12.8. The molecule has 0 bridgehead atoms. The van der Waals surface area contributed by atoms with Gasteiger partial charge in [0.25, 0.3) is 0 Å². The summed E-state index contributed by atoms with van der Waals surface area (Å²) in [5.41, 5.74) is 5.50. The Morgan fingerprint density at radius 1 is 0.656 bits per heavy atom. The van der Waals surface area contributed by atoms with Gasteiger partial charge in [-0.05, 0) is 254 Å². The van der Waals surface area contributed by atoms with Crippen LogP contribution in [-0.4, -0.2) is 100 Å². The van der Waals surface area contributed by atoms with Crippen LogP contribution in [0.5, 0.6) is 0 Å². The Labute approximate surface area is 535 Å². The number of alkyl carbamates (subject to hydrolysis) is 1. The largest absolute Gasteiger partial charge is 0.461 e. The topological polar surface area (TPSA) is 198 Å². The van der Waals surface area contributed by atoms with Crippen LogP contribution in [0.3, 0.4) is 0 Å². The molecular weight excluding hydrogens is 1130 g/mol. The Kier molecular flexibility index (Phi) is 18.6. The van der Waals surface area contributed by atoms with Gasteiger partial charge >= 0.3 is 18.0 Å². The Morgan fingerprint density at radius 2 is 1.20 bits per heavy atom. The first-order valence-corrected chi connectivity index (χ1v) is 35.4. The van der Waals surface area contributed by atoms with E-state index in [2.05, 4.69) is 103 Å². The first-order valence-electron chi connectivity index (χ1n) is 35.4. The number of benzene rings is 2. The van der Waals surface area contributed by atoms with Crippen molar-refractivity contribution in [3.05, 3.63) is 48.8 Å². The van der Waals surface area contributed by atoms with Crippen LogP contribution in [0.25, 0.3) is 44.3 Å². The standard InChI is InChI=1S/C74H108N8O8/c1-46(13-11-35-83)48(3)71(7)29-27-60-51(41-71)15-18-52-39-54(25-30-72(52,60)8)88-67(85)44-80-42-63(76-78-80)49-16-20-56-57-21-17-50(38-66(57)82(65(56)37-49)34-33-75-69(87)90-70(4,5)6)64-43-81(79-77-64)45-68(86)89-55-26-31-73(9)53(40-55)19-22-58-61-24-23-59(47(2)14-12-36-84)74(61,10)32-28-62(58)73/h16-17,20-21,37-38,42-43,46-48,51-55,58-62,83-84H,11-15,18-19,22-36,39-41,44-45H2,1-10H3,(H,75,87)/t46-,47-,48?,51+,52-,53?,54-,55-,58+,59?,60?,61+,62?,71?,72?,73?,74?/m1/s1. The lowest BCUT2D eigenvalue weighted by molar-refractivity contribution is -0.163. The van der Waals surface area contributed by atoms with Crippen molar-refractivity contribution < 1.29 is 38.8 Å². The first kappa shape index (κ1) is 64.7. The molecule has 1 amide bonds. The van der Waals surface area contributed by atoms with E-state index >= 15 is 0 Å². The second-order valence-corrected chi connectivity index (χ2v) is 32.3. The molecular formula is C74H108N8O8. The first-order chi connectivity index (χ1) is 43.0. The minimum absolute atomic E-state index is 0.0169. The quantitative estimate of drug-likeness (QED) is 0.0493. The molecule has 7 aliphatic rings. The number of aliphatic hydroxyl groups is 2. The summed E-state index contributed by atoms with van der Waals surface area (Å²) >= 11 is 0. The average Bonchev–Trinajstić information content (AvgIpc) is 0.975. The van der Waals surface area contributed by atoms with Gasteiger partial charge < -0.3 is 34.3 Å². The van der Waals surface area contributed by atoms with Crippen LogP contribution >= 0.6 is 0 Å². The molecule has 2 aromatic carbocycles. The molecule has 0 aliphatic heterocycles. The highest BCUT2D eigenvalue weighted by atomic mass is 16.6. The predicted molar refractivity (Wildman–Crippen MR) is 350 cm³/mol. The molecule has 3 N–H and O–H groups in total. The van der Waals surface area contributed by atoms with E-state index in [9.17, 15) is 24.6 Å². The van der Waals surface area contributed by atoms with Gasteiger partial charge in [0, 0.05) is 59.2 Å². The number of nitrogens with zero attached hydrogens (tertiary/aromatic N) is 7. The van der Waals surface area contributed by atoms with Crippen molar-refractivity contribution in [3.63, 3.8) is 0 Å². The fourth-order valence-corrected chi connectivity index (χ4v) is 21.2. The van der Waals surface area contributed by atoms with Crippen molar-refractivity contribution in [2.45, 2.75) is 242 Å². The maximum Gasteiger partial charge on any atom is 0.407 e. The Bertz CT molecular complexity index is 3360. The molecule has 7 fully saturated rings. The number of aromatic nitrogens is 7. The number of rotatable bonds is 20. The van der Waals surface area contributed by atoms with Crippen molar-refractivity contribution in [2.75, 3.05) is 19.8 Å². The maximum absolute atomic E-state index is 13.7. The van der Waals surface area contributed by atoms with E-state index in [1.807, 2.05) is 45.3 Å². The fourth-order valence-electron chi connectivity index (χ4n) is 21.2. The molecule has 9 unspecified atom stereocenters. The van der Waals surface area contributed by atoms with Gasteiger partial charge in [0.15, 0.2) is 0 Å². The summed E-state index contributed by atoms with van der Waals surface area (Å²) in [6.45, 7) is 24.4. The van der Waals surface area contributed by atoms with Gasteiger partial charge in [-0.25, -0.2) is 14.2 Å². The summed E-state index contributed by atoms with van der Waals surface area (Å²) in [5, 5.41) is 42.1. The van der Waals surface area contributed by atoms with Crippen LogP contribution in [0, 0.1) is 86.8 Å². The minimum Gasteiger partial charge on any atom is -0.461 e. The van der Waals surface area contributed by atoms with Crippen molar-refractivity contribution in [1.29, 1.82) is 0 Å². The molecule has 17 atom stereocenters. The average molecular weight is 1240 g/mol. The lowest BCUT2D eigenvalue weighted by Gasteiger charge is -2.61. The SMILES string of the molecule is CC([C@H](C)CCCO)C1(C)CCC2[C@@H](CC[C@@H]3C[C@H](OC(=O)Cn4cc(-c5ccc6c7ccc(-c8cn(CC(=O)O[C@@H]9CCC%10(C)C(CC[C@@H]%11C%10CCC%10(C)C([C@H](C)CCCO)CC[C@@H]%11%10)C9)nn8)cc7n(CCNC(=O)OC(C)(C)C)c6c5)nn4)CCC23C)C1. The third-order valence-corrected chi connectivity index (χ3v) is 26.2. The second kappa shape index (κ2) is 25.9. The molecule has 7 aliphatic carbocycles. The van der Waals surface area contributed by atoms with E-state index in [-0.39, 0.29) is 54.7 Å². The van der Waals surface area contributed by atoms with Crippen molar-refractivity contribution in [2.24, 2.45) is 86.8 Å². The highest BCUT2D eigenvalue weighted by Crippen LogP contribution is 2.69.